The fourth-order valence-electron chi connectivity index (χ4n) is 2.43. The number of carbonyl (C=O) groups excluding carboxylic acids is 1. The van der Waals surface area contributed by atoms with Crippen molar-refractivity contribution in [3.05, 3.63) is 22.2 Å². The maximum absolute atomic E-state index is 12.5. The van der Waals surface area contributed by atoms with Crippen molar-refractivity contribution < 1.29 is 14.3 Å². The number of fused-ring (bicyclic) bond motifs is 1. The first-order chi connectivity index (χ1) is 9.16. The lowest BCUT2D eigenvalue weighted by atomic mass is 10.1. The molecule has 1 N–H and O–H groups in total. The monoisotopic (exact) mass is 362 g/mol. The van der Waals surface area contributed by atoms with Crippen molar-refractivity contribution >= 4 is 34.2 Å². The Morgan fingerprint density at radius 3 is 2.95 bits per heavy atom. The smallest absolute Gasteiger partial charge is 0.254 e. The molecule has 0 aliphatic carbocycles. The first-order valence-electron chi connectivity index (χ1n) is 6.24. The van der Waals surface area contributed by atoms with Crippen LogP contribution in [0.25, 0.3) is 0 Å². The van der Waals surface area contributed by atoms with Crippen molar-refractivity contribution in [2.45, 2.75) is 12.5 Å². The fraction of sp³-hybridized carbons (Fsp3) is 0.462. The van der Waals surface area contributed by atoms with Gasteiger partial charge in [-0.25, -0.2) is 0 Å². The molecule has 1 atom stereocenters. The zero-order valence-corrected chi connectivity index (χ0v) is 13.4. The summed E-state index contributed by atoms with van der Waals surface area (Å²) < 4.78 is 11.4. The zero-order valence-electron chi connectivity index (χ0n) is 11.0. The van der Waals surface area contributed by atoms with Gasteiger partial charge in [0, 0.05) is 25.2 Å². The number of benzene rings is 1. The molecule has 0 bridgehead atoms. The third-order valence-electron chi connectivity index (χ3n) is 3.58. The number of ether oxygens (including phenoxy) is 2. The standard InChI is InChI=1S/C13H15BrN2O3.ClH/c1-16(9-2-3-15-6-9)13(17)8-4-10(14)12-11(5-8)18-7-19-12;/h4-5,9,15H,2-3,6-7H2,1H3;1H. The second-order valence-electron chi connectivity index (χ2n) is 4.75. The van der Waals surface area contributed by atoms with Gasteiger partial charge in [-0.1, -0.05) is 0 Å². The predicted octanol–water partition coefficient (Wildman–Crippen LogP) is 2.03. The minimum absolute atomic E-state index is 0. The summed E-state index contributed by atoms with van der Waals surface area (Å²) in [6.45, 7) is 2.02. The molecule has 1 unspecified atom stereocenters. The maximum atomic E-state index is 12.5. The highest BCUT2D eigenvalue weighted by Crippen LogP contribution is 2.40. The van der Waals surface area contributed by atoms with Gasteiger partial charge in [0.15, 0.2) is 11.5 Å². The molecule has 2 heterocycles. The summed E-state index contributed by atoms with van der Waals surface area (Å²) in [7, 11) is 1.85. The van der Waals surface area contributed by atoms with Crippen LogP contribution in [0.5, 0.6) is 11.5 Å². The van der Waals surface area contributed by atoms with Gasteiger partial charge in [-0.3, -0.25) is 4.79 Å². The van der Waals surface area contributed by atoms with E-state index in [1.165, 1.54) is 0 Å². The molecule has 0 radical (unpaired) electrons. The predicted molar refractivity (Wildman–Crippen MR) is 80.9 cm³/mol. The number of carbonyl (C=O) groups is 1. The first kappa shape index (κ1) is 15.4. The molecule has 2 aliphatic heterocycles. The number of rotatable bonds is 2. The van der Waals surface area contributed by atoms with Crippen molar-refractivity contribution in [1.82, 2.24) is 10.2 Å². The Hall–Kier alpha value is -0.980. The molecule has 3 rings (SSSR count). The Morgan fingerprint density at radius 2 is 2.25 bits per heavy atom. The minimum atomic E-state index is 0. The van der Waals surface area contributed by atoms with Crippen LogP contribution in [-0.2, 0) is 0 Å². The van der Waals surface area contributed by atoms with Gasteiger partial charge < -0.3 is 19.7 Å². The number of likely N-dealkylation sites (N-methyl/N-ethyl adjacent to an activating group) is 1. The van der Waals surface area contributed by atoms with Crippen LogP contribution in [0.4, 0.5) is 0 Å². The van der Waals surface area contributed by atoms with Crippen molar-refractivity contribution in [3.8, 4) is 11.5 Å². The molecular formula is C13H16BrClN2O3. The summed E-state index contributed by atoms with van der Waals surface area (Å²) in [6, 6.07) is 3.79. The van der Waals surface area contributed by atoms with E-state index in [4.69, 9.17) is 9.47 Å². The SMILES string of the molecule is CN(C(=O)c1cc(Br)c2c(c1)OCO2)C1CCNC1.Cl. The molecule has 1 saturated heterocycles. The largest absolute Gasteiger partial charge is 0.454 e. The fourth-order valence-corrected chi connectivity index (χ4v) is 2.99. The topological polar surface area (TPSA) is 50.8 Å². The number of nitrogens with zero attached hydrogens (tertiary/aromatic N) is 1. The van der Waals surface area contributed by atoms with Crippen LogP contribution in [0.3, 0.4) is 0 Å². The van der Waals surface area contributed by atoms with Gasteiger partial charge in [0.1, 0.15) is 0 Å². The number of hydrogen-bond donors (Lipinski definition) is 1. The number of nitrogens with one attached hydrogen (secondary N) is 1. The summed E-state index contributed by atoms with van der Waals surface area (Å²) >= 11 is 3.41. The van der Waals surface area contributed by atoms with E-state index in [9.17, 15) is 4.79 Å². The molecule has 2 aliphatic rings. The van der Waals surface area contributed by atoms with E-state index in [0.29, 0.717) is 17.1 Å². The Bertz CT molecular complexity index is 521. The molecule has 1 aromatic carbocycles. The summed E-state index contributed by atoms with van der Waals surface area (Å²) in [6.07, 6.45) is 0.994. The Kier molecular flexibility index (Phi) is 4.78. The quantitative estimate of drug-likeness (QED) is 0.873. The molecule has 110 valence electrons. The van der Waals surface area contributed by atoms with E-state index < -0.39 is 0 Å². The Morgan fingerprint density at radius 1 is 1.45 bits per heavy atom. The molecule has 0 aromatic heterocycles. The lowest BCUT2D eigenvalue weighted by Gasteiger charge is -2.24. The minimum Gasteiger partial charge on any atom is -0.454 e. The molecule has 0 spiro atoms. The lowest BCUT2D eigenvalue weighted by Crippen LogP contribution is -2.38. The molecule has 1 fully saturated rings. The van der Waals surface area contributed by atoms with Crippen LogP contribution in [-0.4, -0.2) is 43.8 Å². The van der Waals surface area contributed by atoms with Gasteiger partial charge >= 0.3 is 0 Å². The van der Waals surface area contributed by atoms with E-state index in [1.54, 1.807) is 17.0 Å². The second-order valence-corrected chi connectivity index (χ2v) is 5.61. The second kappa shape index (κ2) is 6.20. The maximum Gasteiger partial charge on any atom is 0.254 e. The highest BCUT2D eigenvalue weighted by molar-refractivity contribution is 9.10. The normalized spacial score (nSPS) is 19.6. The van der Waals surface area contributed by atoms with Gasteiger partial charge in [-0.15, -0.1) is 12.4 Å². The van der Waals surface area contributed by atoms with Gasteiger partial charge in [0.2, 0.25) is 6.79 Å². The van der Waals surface area contributed by atoms with Crippen molar-refractivity contribution in [2.24, 2.45) is 0 Å². The summed E-state index contributed by atoms with van der Waals surface area (Å²) in [5, 5.41) is 3.26. The lowest BCUT2D eigenvalue weighted by molar-refractivity contribution is 0.0743. The number of hydrogen-bond acceptors (Lipinski definition) is 4. The number of amides is 1. The Balaban J connectivity index is 0.00000147. The van der Waals surface area contributed by atoms with E-state index in [-0.39, 0.29) is 31.1 Å². The summed E-state index contributed by atoms with van der Waals surface area (Å²) in [4.78, 5) is 14.3. The van der Waals surface area contributed by atoms with Crippen molar-refractivity contribution in [1.29, 1.82) is 0 Å². The van der Waals surface area contributed by atoms with Crippen LogP contribution in [0, 0.1) is 0 Å². The van der Waals surface area contributed by atoms with E-state index in [0.717, 1.165) is 24.0 Å². The van der Waals surface area contributed by atoms with Crippen LogP contribution < -0.4 is 14.8 Å². The third kappa shape index (κ3) is 2.73. The number of halogens is 2. The van der Waals surface area contributed by atoms with Crippen molar-refractivity contribution in [2.75, 3.05) is 26.9 Å². The van der Waals surface area contributed by atoms with Crippen LogP contribution >= 0.6 is 28.3 Å². The Labute approximate surface area is 132 Å². The van der Waals surface area contributed by atoms with E-state index in [2.05, 4.69) is 21.2 Å². The molecule has 1 amide bonds. The average molecular weight is 364 g/mol. The van der Waals surface area contributed by atoms with Crippen LogP contribution in [0.1, 0.15) is 16.8 Å². The summed E-state index contributed by atoms with van der Waals surface area (Å²) in [5.41, 5.74) is 0.616. The highest BCUT2D eigenvalue weighted by atomic mass is 79.9. The van der Waals surface area contributed by atoms with Gasteiger partial charge in [0.05, 0.1) is 4.47 Å². The van der Waals surface area contributed by atoms with Crippen LogP contribution in [0.15, 0.2) is 16.6 Å². The summed E-state index contributed by atoms with van der Waals surface area (Å²) in [5.74, 6) is 1.30. The van der Waals surface area contributed by atoms with Gasteiger partial charge in [-0.05, 0) is 41.0 Å². The average Bonchev–Trinajstić information content (AvgIpc) is 3.07. The van der Waals surface area contributed by atoms with E-state index >= 15 is 0 Å². The van der Waals surface area contributed by atoms with Gasteiger partial charge in [0.25, 0.3) is 5.91 Å². The third-order valence-corrected chi connectivity index (χ3v) is 4.17. The van der Waals surface area contributed by atoms with Crippen molar-refractivity contribution in [3.63, 3.8) is 0 Å². The van der Waals surface area contributed by atoms with Gasteiger partial charge in [-0.2, -0.15) is 0 Å². The zero-order chi connectivity index (χ0) is 13.4. The molecular weight excluding hydrogens is 348 g/mol. The molecule has 0 saturated carbocycles. The highest BCUT2D eigenvalue weighted by Gasteiger charge is 2.26. The van der Waals surface area contributed by atoms with E-state index in [1.807, 2.05) is 7.05 Å². The molecule has 20 heavy (non-hydrogen) atoms. The van der Waals surface area contributed by atoms with Crippen LogP contribution in [0.2, 0.25) is 0 Å². The first-order valence-corrected chi connectivity index (χ1v) is 7.03. The molecule has 5 nitrogen and oxygen atoms in total. The molecule has 7 heteroatoms. The molecule has 1 aromatic rings.